The maximum Gasteiger partial charge on any atom is 0.128 e. The van der Waals surface area contributed by atoms with Gasteiger partial charge in [-0.25, -0.2) is 4.98 Å². The summed E-state index contributed by atoms with van der Waals surface area (Å²) >= 11 is 0. The average Bonchev–Trinajstić information content (AvgIpc) is 2.39. The molecule has 1 saturated heterocycles. The maximum absolute atomic E-state index is 5.41. The highest BCUT2D eigenvalue weighted by Crippen LogP contribution is 2.20. The number of rotatable bonds is 5. The molecule has 1 fully saturated rings. The molecule has 4 heteroatoms. The molecule has 1 aromatic heterocycles. The van der Waals surface area contributed by atoms with E-state index in [1.54, 1.807) is 0 Å². The van der Waals surface area contributed by atoms with Gasteiger partial charge in [0.05, 0.1) is 0 Å². The fourth-order valence-corrected chi connectivity index (χ4v) is 2.63. The zero-order valence-electron chi connectivity index (χ0n) is 12.3. The second-order valence-corrected chi connectivity index (χ2v) is 5.44. The van der Waals surface area contributed by atoms with E-state index in [4.69, 9.17) is 4.74 Å². The van der Waals surface area contributed by atoms with Crippen LogP contribution in [0.15, 0.2) is 12.1 Å². The van der Waals surface area contributed by atoms with Crippen molar-refractivity contribution in [3.63, 3.8) is 0 Å². The van der Waals surface area contributed by atoms with Crippen LogP contribution in [0.5, 0.6) is 0 Å². The minimum Gasteiger partial charge on any atom is -0.381 e. The zero-order chi connectivity index (χ0) is 13.7. The number of hydrogen-bond acceptors (Lipinski definition) is 4. The SMILES string of the molecule is CNCc1cc(C)nc(N(C)CC2CCOCC2)c1. The summed E-state index contributed by atoms with van der Waals surface area (Å²) in [5.41, 5.74) is 2.38. The number of ether oxygens (including phenoxy) is 1. The van der Waals surface area contributed by atoms with Crippen LogP contribution in [0.4, 0.5) is 5.82 Å². The number of aromatic nitrogens is 1. The Morgan fingerprint density at radius 3 is 2.79 bits per heavy atom. The summed E-state index contributed by atoms with van der Waals surface area (Å²) in [6.45, 7) is 5.83. The van der Waals surface area contributed by atoms with Crippen molar-refractivity contribution < 1.29 is 4.74 Å². The first kappa shape index (κ1) is 14.3. The van der Waals surface area contributed by atoms with Crippen LogP contribution in [-0.2, 0) is 11.3 Å². The highest BCUT2D eigenvalue weighted by Gasteiger charge is 2.16. The van der Waals surface area contributed by atoms with E-state index in [0.717, 1.165) is 43.7 Å². The Balaban J connectivity index is 2.02. The lowest BCUT2D eigenvalue weighted by Crippen LogP contribution is -2.30. The van der Waals surface area contributed by atoms with E-state index in [1.165, 1.54) is 18.4 Å². The quantitative estimate of drug-likeness (QED) is 0.881. The fourth-order valence-electron chi connectivity index (χ4n) is 2.63. The molecule has 1 aromatic rings. The summed E-state index contributed by atoms with van der Waals surface area (Å²) in [6.07, 6.45) is 2.33. The Hall–Kier alpha value is -1.13. The molecule has 4 nitrogen and oxygen atoms in total. The lowest BCUT2D eigenvalue weighted by atomic mass is 10.00. The molecule has 1 N–H and O–H groups in total. The Kier molecular flexibility index (Phi) is 5.16. The van der Waals surface area contributed by atoms with Crippen LogP contribution in [0.3, 0.4) is 0 Å². The predicted molar refractivity (Wildman–Crippen MR) is 78.6 cm³/mol. The third-order valence-electron chi connectivity index (χ3n) is 3.64. The van der Waals surface area contributed by atoms with Gasteiger partial charge in [-0.1, -0.05) is 0 Å². The van der Waals surface area contributed by atoms with Crippen LogP contribution >= 0.6 is 0 Å². The Morgan fingerprint density at radius 1 is 1.37 bits per heavy atom. The van der Waals surface area contributed by atoms with Gasteiger partial charge in [-0.3, -0.25) is 0 Å². The van der Waals surface area contributed by atoms with Gasteiger partial charge in [0.15, 0.2) is 0 Å². The van der Waals surface area contributed by atoms with Gasteiger partial charge < -0.3 is 15.0 Å². The summed E-state index contributed by atoms with van der Waals surface area (Å²) < 4.78 is 5.41. The van der Waals surface area contributed by atoms with Crippen molar-refractivity contribution in [2.45, 2.75) is 26.3 Å². The van der Waals surface area contributed by atoms with E-state index in [-0.39, 0.29) is 0 Å². The van der Waals surface area contributed by atoms with Gasteiger partial charge in [0, 0.05) is 39.0 Å². The predicted octanol–water partition coefficient (Wildman–Crippen LogP) is 1.97. The van der Waals surface area contributed by atoms with Crippen molar-refractivity contribution >= 4 is 5.82 Å². The first-order chi connectivity index (χ1) is 9.19. The molecule has 1 aliphatic rings. The lowest BCUT2D eigenvalue weighted by Gasteiger charge is -2.28. The second kappa shape index (κ2) is 6.87. The molecule has 0 spiro atoms. The molecule has 1 aliphatic heterocycles. The summed E-state index contributed by atoms with van der Waals surface area (Å²) in [7, 11) is 4.11. The molecule has 0 aromatic carbocycles. The first-order valence-electron chi connectivity index (χ1n) is 7.10. The number of pyridine rings is 1. The van der Waals surface area contributed by atoms with Crippen molar-refractivity contribution in [1.29, 1.82) is 0 Å². The Morgan fingerprint density at radius 2 is 2.11 bits per heavy atom. The normalized spacial score (nSPS) is 16.6. The highest BCUT2D eigenvalue weighted by atomic mass is 16.5. The molecule has 0 unspecified atom stereocenters. The molecular weight excluding hydrogens is 238 g/mol. The molecular formula is C15H25N3O. The minimum atomic E-state index is 0.730. The minimum absolute atomic E-state index is 0.730. The van der Waals surface area contributed by atoms with Crippen LogP contribution in [0.1, 0.15) is 24.1 Å². The third-order valence-corrected chi connectivity index (χ3v) is 3.64. The Labute approximate surface area is 116 Å². The van der Waals surface area contributed by atoms with Gasteiger partial charge in [0.2, 0.25) is 0 Å². The van der Waals surface area contributed by atoms with Crippen LogP contribution in [0, 0.1) is 12.8 Å². The van der Waals surface area contributed by atoms with E-state index in [2.05, 4.69) is 41.3 Å². The van der Waals surface area contributed by atoms with Crippen LogP contribution in [0.2, 0.25) is 0 Å². The molecule has 0 saturated carbocycles. The van der Waals surface area contributed by atoms with Gasteiger partial charge in [0.1, 0.15) is 5.82 Å². The number of nitrogens with one attached hydrogen (secondary N) is 1. The Bertz CT molecular complexity index is 402. The van der Waals surface area contributed by atoms with E-state index in [0.29, 0.717) is 0 Å². The van der Waals surface area contributed by atoms with Gasteiger partial charge in [-0.05, 0) is 50.4 Å². The van der Waals surface area contributed by atoms with Crippen molar-refractivity contribution in [2.75, 3.05) is 38.8 Å². The van der Waals surface area contributed by atoms with Crippen LogP contribution in [0.25, 0.3) is 0 Å². The molecule has 19 heavy (non-hydrogen) atoms. The number of hydrogen-bond donors (Lipinski definition) is 1. The number of aryl methyl sites for hydroxylation is 1. The molecule has 0 atom stereocenters. The number of nitrogens with zero attached hydrogens (tertiary/aromatic N) is 2. The smallest absolute Gasteiger partial charge is 0.128 e. The monoisotopic (exact) mass is 263 g/mol. The molecule has 106 valence electrons. The lowest BCUT2D eigenvalue weighted by molar-refractivity contribution is 0.0685. The molecule has 0 amide bonds. The van der Waals surface area contributed by atoms with Crippen molar-refractivity contribution in [1.82, 2.24) is 10.3 Å². The zero-order valence-corrected chi connectivity index (χ0v) is 12.3. The van der Waals surface area contributed by atoms with Crippen LogP contribution < -0.4 is 10.2 Å². The summed E-state index contributed by atoms with van der Waals surface area (Å²) in [6, 6.07) is 4.32. The second-order valence-electron chi connectivity index (χ2n) is 5.44. The van der Waals surface area contributed by atoms with E-state index in [1.807, 2.05) is 7.05 Å². The molecule has 0 bridgehead atoms. The molecule has 2 heterocycles. The van der Waals surface area contributed by atoms with Crippen molar-refractivity contribution in [3.05, 3.63) is 23.4 Å². The largest absolute Gasteiger partial charge is 0.381 e. The van der Waals surface area contributed by atoms with Gasteiger partial charge in [-0.15, -0.1) is 0 Å². The standard InChI is InChI=1S/C15H25N3O/c1-12-8-14(10-16-2)9-15(17-12)18(3)11-13-4-6-19-7-5-13/h8-9,13,16H,4-7,10-11H2,1-3H3. The molecule has 0 radical (unpaired) electrons. The average molecular weight is 263 g/mol. The fraction of sp³-hybridized carbons (Fsp3) is 0.667. The van der Waals surface area contributed by atoms with Gasteiger partial charge in [0.25, 0.3) is 0 Å². The van der Waals surface area contributed by atoms with E-state index >= 15 is 0 Å². The van der Waals surface area contributed by atoms with Crippen LogP contribution in [-0.4, -0.2) is 38.8 Å². The topological polar surface area (TPSA) is 37.4 Å². The summed E-state index contributed by atoms with van der Waals surface area (Å²) in [4.78, 5) is 6.93. The van der Waals surface area contributed by atoms with E-state index in [9.17, 15) is 0 Å². The summed E-state index contributed by atoms with van der Waals surface area (Å²) in [5.74, 6) is 1.81. The number of anilines is 1. The highest BCUT2D eigenvalue weighted by molar-refractivity contribution is 5.42. The maximum atomic E-state index is 5.41. The summed E-state index contributed by atoms with van der Waals surface area (Å²) in [5, 5.41) is 3.20. The first-order valence-corrected chi connectivity index (χ1v) is 7.10. The van der Waals surface area contributed by atoms with E-state index < -0.39 is 0 Å². The van der Waals surface area contributed by atoms with Crippen molar-refractivity contribution in [3.8, 4) is 0 Å². The third kappa shape index (κ3) is 4.18. The van der Waals surface area contributed by atoms with Gasteiger partial charge in [-0.2, -0.15) is 0 Å². The van der Waals surface area contributed by atoms with Crippen molar-refractivity contribution in [2.24, 2.45) is 5.92 Å². The molecule has 2 rings (SSSR count). The molecule has 0 aliphatic carbocycles. The van der Waals surface area contributed by atoms with Gasteiger partial charge >= 0.3 is 0 Å².